The molecule has 1 aliphatic carbocycles. The van der Waals surface area contributed by atoms with Crippen LogP contribution in [-0.4, -0.2) is 47.8 Å². The van der Waals surface area contributed by atoms with Crippen molar-refractivity contribution in [1.29, 1.82) is 0 Å². The van der Waals surface area contributed by atoms with Crippen molar-refractivity contribution in [3.8, 4) is 0 Å². The summed E-state index contributed by atoms with van der Waals surface area (Å²) in [6.07, 6.45) is 9.20. The van der Waals surface area contributed by atoms with E-state index in [9.17, 15) is 9.59 Å². The van der Waals surface area contributed by atoms with Crippen molar-refractivity contribution in [2.75, 3.05) is 26.2 Å². The summed E-state index contributed by atoms with van der Waals surface area (Å²) < 4.78 is 5.17. The highest BCUT2D eigenvalue weighted by Gasteiger charge is 2.29. The molecule has 2 heterocycles. The van der Waals surface area contributed by atoms with Crippen molar-refractivity contribution < 1.29 is 14.0 Å². The number of hydrogen-bond acceptors (Lipinski definition) is 3. The van der Waals surface area contributed by atoms with Gasteiger partial charge in [0.15, 0.2) is 0 Å². The summed E-state index contributed by atoms with van der Waals surface area (Å²) >= 11 is 0. The fourth-order valence-corrected chi connectivity index (χ4v) is 3.22. The van der Waals surface area contributed by atoms with Crippen molar-refractivity contribution in [3.63, 3.8) is 0 Å². The van der Waals surface area contributed by atoms with Gasteiger partial charge in [0.1, 0.15) is 5.76 Å². The predicted molar refractivity (Wildman–Crippen MR) is 82.9 cm³/mol. The first-order valence-electron chi connectivity index (χ1n) is 8.03. The zero-order valence-corrected chi connectivity index (χ0v) is 12.7. The molecule has 0 N–H and O–H groups in total. The Morgan fingerprint density at radius 1 is 1.09 bits per heavy atom. The molecule has 2 fully saturated rings. The van der Waals surface area contributed by atoms with Crippen LogP contribution in [0.3, 0.4) is 0 Å². The maximum Gasteiger partial charge on any atom is 0.246 e. The van der Waals surface area contributed by atoms with Crippen molar-refractivity contribution in [2.45, 2.75) is 25.7 Å². The number of rotatable bonds is 3. The Bertz CT molecular complexity index is 536. The number of piperazine rings is 1. The van der Waals surface area contributed by atoms with Crippen LogP contribution in [0, 0.1) is 5.92 Å². The lowest BCUT2D eigenvalue weighted by Crippen LogP contribution is -2.51. The number of nitrogens with zero attached hydrogens (tertiary/aromatic N) is 2. The fraction of sp³-hybridized carbons (Fsp3) is 0.529. The van der Waals surface area contributed by atoms with Gasteiger partial charge in [0.25, 0.3) is 0 Å². The van der Waals surface area contributed by atoms with Gasteiger partial charge in [-0.25, -0.2) is 0 Å². The third-order valence-electron chi connectivity index (χ3n) is 4.54. The predicted octanol–water partition coefficient (Wildman–Crippen LogP) is 2.15. The van der Waals surface area contributed by atoms with E-state index in [0.717, 1.165) is 12.8 Å². The third kappa shape index (κ3) is 3.40. The number of hydrogen-bond donors (Lipinski definition) is 0. The van der Waals surface area contributed by atoms with Crippen LogP contribution in [0.2, 0.25) is 0 Å². The fourth-order valence-electron chi connectivity index (χ4n) is 3.22. The van der Waals surface area contributed by atoms with E-state index in [1.807, 2.05) is 11.0 Å². The second-order valence-corrected chi connectivity index (χ2v) is 5.98. The zero-order chi connectivity index (χ0) is 15.4. The Labute approximate surface area is 130 Å². The molecule has 0 atom stereocenters. The van der Waals surface area contributed by atoms with Gasteiger partial charge in [-0.05, 0) is 31.1 Å². The van der Waals surface area contributed by atoms with E-state index in [1.165, 1.54) is 18.9 Å². The molecule has 22 heavy (non-hydrogen) atoms. The highest BCUT2D eigenvalue weighted by Crippen LogP contribution is 2.26. The highest BCUT2D eigenvalue weighted by atomic mass is 16.3. The molecule has 1 aliphatic heterocycles. The molecule has 1 saturated carbocycles. The van der Waals surface area contributed by atoms with Gasteiger partial charge < -0.3 is 14.2 Å². The molecule has 1 aromatic rings. The number of amides is 2. The molecule has 5 nitrogen and oxygen atoms in total. The molecule has 0 unspecified atom stereocenters. The Hall–Kier alpha value is -2.04. The Kier molecular flexibility index (Phi) is 4.61. The molecule has 3 rings (SSSR count). The average molecular weight is 302 g/mol. The summed E-state index contributed by atoms with van der Waals surface area (Å²) in [5.74, 6) is 1.16. The largest absolute Gasteiger partial charge is 0.465 e. The van der Waals surface area contributed by atoms with Gasteiger partial charge in [-0.3, -0.25) is 9.59 Å². The van der Waals surface area contributed by atoms with Gasteiger partial charge in [0.05, 0.1) is 6.26 Å². The SMILES string of the molecule is O=C(C=Cc1ccco1)N1CCN(C(=O)C2CCCC2)CC1. The van der Waals surface area contributed by atoms with Crippen LogP contribution in [0.1, 0.15) is 31.4 Å². The molecule has 2 amide bonds. The van der Waals surface area contributed by atoms with Crippen LogP contribution in [0.25, 0.3) is 6.08 Å². The van der Waals surface area contributed by atoms with Crippen LogP contribution in [0.5, 0.6) is 0 Å². The minimum atomic E-state index is -0.0237. The third-order valence-corrected chi connectivity index (χ3v) is 4.54. The molecule has 5 heteroatoms. The summed E-state index contributed by atoms with van der Waals surface area (Å²) in [7, 11) is 0. The molecule has 2 aliphatic rings. The first kappa shape index (κ1) is 14.9. The molecule has 0 aromatic carbocycles. The van der Waals surface area contributed by atoms with Crippen LogP contribution < -0.4 is 0 Å². The van der Waals surface area contributed by atoms with Gasteiger partial charge >= 0.3 is 0 Å². The molecule has 1 saturated heterocycles. The van der Waals surface area contributed by atoms with E-state index in [1.54, 1.807) is 23.3 Å². The monoisotopic (exact) mass is 302 g/mol. The molecule has 118 valence electrons. The normalized spacial score (nSPS) is 20.0. The summed E-state index contributed by atoms with van der Waals surface area (Å²) in [5, 5.41) is 0. The Morgan fingerprint density at radius 3 is 2.41 bits per heavy atom. The summed E-state index contributed by atoms with van der Waals surface area (Å²) in [4.78, 5) is 28.2. The van der Waals surface area contributed by atoms with Gasteiger partial charge in [-0.15, -0.1) is 0 Å². The zero-order valence-electron chi connectivity index (χ0n) is 12.7. The number of carbonyl (C=O) groups is 2. The van der Waals surface area contributed by atoms with Crippen molar-refractivity contribution in [1.82, 2.24) is 9.80 Å². The maximum atomic E-state index is 12.4. The summed E-state index contributed by atoms with van der Waals surface area (Å²) in [6, 6.07) is 3.60. The smallest absolute Gasteiger partial charge is 0.246 e. The molecule has 0 spiro atoms. The minimum Gasteiger partial charge on any atom is -0.465 e. The van der Waals surface area contributed by atoms with Crippen LogP contribution in [0.4, 0.5) is 0 Å². The van der Waals surface area contributed by atoms with E-state index in [0.29, 0.717) is 31.9 Å². The number of carbonyl (C=O) groups excluding carboxylic acids is 2. The van der Waals surface area contributed by atoms with E-state index in [2.05, 4.69) is 0 Å². The molecule has 1 aromatic heterocycles. The van der Waals surface area contributed by atoms with Crippen molar-refractivity contribution in [3.05, 3.63) is 30.2 Å². The molecule has 0 bridgehead atoms. The first-order valence-corrected chi connectivity index (χ1v) is 8.03. The standard InChI is InChI=1S/C17H22N2O3/c20-16(8-7-15-6-3-13-22-15)18-9-11-19(12-10-18)17(21)14-4-1-2-5-14/h3,6-8,13-14H,1-2,4-5,9-12H2. The van der Waals surface area contributed by atoms with Crippen LogP contribution in [-0.2, 0) is 9.59 Å². The molecule has 0 radical (unpaired) electrons. The minimum absolute atomic E-state index is 0.0237. The van der Waals surface area contributed by atoms with Gasteiger partial charge in [0.2, 0.25) is 11.8 Å². The van der Waals surface area contributed by atoms with Crippen LogP contribution >= 0.6 is 0 Å². The second kappa shape index (κ2) is 6.81. The second-order valence-electron chi connectivity index (χ2n) is 5.98. The van der Waals surface area contributed by atoms with Crippen LogP contribution in [0.15, 0.2) is 28.9 Å². The van der Waals surface area contributed by atoms with Crippen molar-refractivity contribution in [2.24, 2.45) is 5.92 Å². The van der Waals surface area contributed by atoms with E-state index >= 15 is 0 Å². The lowest BCUT2D eigenvalue weighted by molar-refractivity contribution is -0.140. The lowest BCUT2D eigenvalue weighted by atomic mass is 10.1. The lowest BCUT2D eigenvalue weighted by Gasteiger charge is -2.35. The van der Waals surface area contributed by atoms with E-state index < -0.39 is 0 Å². The maximum absolute atomic E-state index is 12.4. The highest BCUT2D eigenvalue weighted by molar-refractivity contribution is 5.91. The molecular weight excluding hydrogens is 280 g/mol. The van der Waals surface area contributed by atoms with E-state index in [-0.39, 0.29) is 17.7 Å². The summed E-state index contributed by atoms with van der Waals surface area (Å²) in [5.41, 5.74) is 0. The Balaban J connectivity index is 1.48. The average Bonchev–Trinajstić information content (AvgIpc) is 3.25. The Morgan fingerprint density at radius 2 is 1.77 bits per heavy atom. The van der Waals surface area contributed by atoms with Crippen molar-refractivity contribution >= 4 is 17.9 Å². The topological polar surface area (TPSA) is 53.8 Å². The van der Waals surface area contributed by atoms with Gasteiger partial charge in [-0.1, -0.05) is 12.8 Å². The van der Waals surface area contributed by atoms with E-state index in [4.69, 9.17) is 4.42 Å². The molecular formula is C17H22N2O3. The van der Waals surface area contributed by atoms with Gasteiger partial charge in [-0.2, -0.15) is 0 Å². The summed E-state index contributed by atoms with van der Waals surface area (Å²) in [6.45, 7) is 2.52. The van der Waals surface area contributed by atoms with Gasteiger partial charge in [0, 0.05) is 38.2 Å². The first-order chi connectivity index (χ1) is 10.7. The number of furan rings is 1. The quantitative estimate of drug-likeness (QED) is 0.804.